The highest BCUT2D eigenvalue weighted by atomic mass is 35.5. The van der Waals surface area contributed by atoms with Crippen LogP contribution in [0.15, 0.2) is 30.3 Å². The first kappa shape index (κ1) is 19.2. The number of hydrogen-bond acceptors (Lipinski definition) is 2. The van der Waals surface area contributed by atoms with Crippen LogP contribution in [0.4, 0.5) is 0 Å². The molecule has 2 rings (SSSR count). The highest BCUT2D eigenvalue weighted by Gasteiger charge is 2.20. The van der Waals surface area contributed by atoms with Gasteiger partial charge in [-0.2, -0.15) is 0 Å². The summed E-state index contributed by atoms with van der Waals surface area (Å²) in [6, 6.07) is 9.68. The number of piperidine rings is 1. The first-order valence-corrected chi connectivity index (χ1v) is 8.60. The van der Waals surface area contributed by atoms with E-state index in [0.29, 0.717) is 6.54 Å². The number of hydrogen-bond donors (Lipinski definition) is 0. The largest absolute Gasteiger partial charge is 0.296 e. The van der Waals surface area contributed by atoms with Gasteiger partial charge in [-0.25, -0.2) is 0 Å². The van der Waals surface area contributed by atoms with Gasteiger partial charge in [0.15, 0.2) is 5.78 Å². The zero-order chi connectivity index (χ0) is 14.9. The van der Waals surface area contributed by atoms with Gasteiger partial charge >= 0.3 is 0 Å². The molecule has 0 aliphatic carbocycles. The molecule has 124 valence electrons. The monoisotopic (exact) mass is 323 g/mol. The summed E-state index contributed by atoms with van der Waals surface area (Å²) >= 11 is 0. The molecule has 0 aromatic heterocycles. The van der Waals surface area contributed by atoms with Crippen molar-refractivity contribution in [1.82, 2.24) is 4.90 Å². The van der Waals surface area contributed by atoms with Crippen molar-refractivity contribution < 1.29 is 4.79 Å². The summed E-state index contributed by atoms with van der Waals surface area (Å²) in [6.07, 6.45) is 9.41. The van der Waals surface area contributed by atoms with E-state index in [0.717, 1.165) is 24.6 Å². The fraction of sp³-hybridized carbons (Fsp3) is 0.632. The van der Waals surface area contributed by atoms with Crippen molar-refractivity contribution in [1.29, 1.82) is 0 Å². The minimum atomic E-state index is 0. The van der Waals surface area contributed by atoms with Crippen molar-refractivity contribution >= 4 is 18.2 Å². The quantitative estimate of drug-likeness (QED) is 0.497. The molecule has 1 aliphatic rings. The Labute approximate surface area is 141 Å². The minimum absolute atomic E-state index is 0. The molecule has 1 aliphatic heterocycles. The Morgan fingerprint density at radius 1 is 1.09 bits per heavy atom. The molecule has 1 heterocycles. The van der Waals surface area contributed by atoms with Gasteiger partial charge < -0.3 is 0 Å². The lowest BCUT2D eigenvalue weighted by Gasteiger charge is -2.31. The van der Waals surface area contributed by atoms with Crippen LogP contribution in [0.2, 0.25) is 0 Å². The molecule has 0 unspecified atom stereocenters. The third-order valence-electron chi connectivity index (χ3n) is 4.64. The van der Waals surface area contributed by atoms with Crippen LogP contribution in [0, 0.1) is 5.92 Å². The Bertz CT molecular complexity index is 413. The van der Waals surface area contributed by atoms with Gasteiger partial charge in [0.25, 0.3) is 0 Å². The molecule has 0 bridgehead atoms. The number of Topliss-reactive ketones (excluding diaryl/α,β-unsaturated/α-hetero) is 1. The van der Waals surface area contributed by atoms with Crippen LogP contribution in [0.3, 0.4) is 0 Å². The number of rotatable bonds is 8. The third-order valence-corrected chi connectivity index (χ3v) is 4.64. The lowest BCUT2D eigenvalue weighted by molar-refractivity contribution is 0.0892. The smallest absolute Gasteiger partial charge is 0.176 e. The highest BCUT2D eigenvalue weighted by Crippen LogP contribution is 2.23. The van der Waals surface area contributed by atoms with Gasteiger partial charge in [0.1, 0.15) is 0 Å². The Kier molecular flexibility index (Phi) is 9.42. The van der Waals surface area contributed by atoms with Gasteiger partial charge in [0, 0.05) is 5.56 Å². The second kappa shape index (κ2) is 10.8. The number of benzene rings is 1. The average Bonchev–Trinajstić information content (AvgIpc) is 2.54. The van der Waals surface area contributed by atoms with E-state index in [1.54, 1.807) is 0 Å². The van der Waals surface area contributed by atoms with E-state index in [2.05, 4.69) is 11.8 Å². The van der Waals surface area contributed by atoms with E-state index >= 15 is 0 Å². The second-order valence-electron chi connectivity index (χ2n) is 6.36. The Morgan fingerprint density at radius 3 is 2.41 bits per heavy atom. The lowest BCUT2D eigenvalue weighted by Crippen LogP contribution is -2.37. The molecule has 1 aromatic rings. The molecule has 0 radical (unpaired) electrons. The maximum absolute atomic E-state index is 12.2. The van der Waals surface area contributed by atoms with Gasteiger partial charge in [-0.1, -0.05) is 69.4 Å². The molecular formula is C19H30ClNO. The summed E-state index contributed by atoms with van der Waals surface area (Å²) in [5.41, 5.74) is 0.846. The number of carbonyl (C=O) groups excluding carboxylic acids is 1. The molecule has 0 N–H and O–H groups in total. The minimum Gasteiger partial charge on any atom is -0.296 e. The van der Waals surface area contributed by atoms with Crippen molar-refractivity contribution in [2.45, 2.75) is 51.9 Å². The second-order valence-corrected chi connectivity index (χ2v) is 6.36. The SMILES string of the molecule is CCCCCCC1CCN(CC(=O)c2ccccc2)CC1.Cl. The molecule has 2 nitrogen and oxygen atoms in total. The van der Waals surface area contributed by atoms with Gasteiger partial charge in [-0.15, -0.1) is 12.4 Å². The molecule has 1 saturated heterocycles. The number of nitrogens with zero attached hydrogens (tertiary/aromatic N) is 1. The molecule has 0 saturated carbocycles. The maximum Gasteiger partial charge on any atom is 0.176 e. The first-order chi connectivity index (χ1) is 10.3. The van der Waals surface area contributed by atoms with Crippen LogP contribution in [0.1, 0.15) is 62.2 Å². The van der Waals surface area contributed by atoms with Crippen LogP contribution in [-0.4, -0.2) is 30.3 Å². The fourth-order valence-corrected chi connectivity index (χ4v) is 3.21. The van der Waals surface area contributed by atoms with Crippen molar-refractivity contribution in [3.8, 4) is 0 Å². The van der Waals surface area contributed by atoms with E-state index in [-0.39, 0.29) is 18.2 Å². The van der Waals surface area contributed by atoms with Crippen molar-refractivity contribution in [2.75, 3.05) is 19.6 Å². The summed E-state index contributed by atoms with van der Waals surface area (Å²) < 4.78 is 0. The summed E-state index contributed by atoms with van der Waals surface area (Å²) in [7, 11) is 0. The van der Waals surface area contributed by atoms with Gasteiger partial charge in [0.05, 0.1) is 6.54 Å². The van der Waals surface area contributed by atoms with E-state index in [1.165, 1.54) is 44.9 Å². The Morgan fingerprint density at radius 2 is 1.77 bits per heavy atom. The average molecular weight is 324 g/mol. The van der Waals surface area contributed by atoms with E-state index < -0.39 is 0 Å². The number of carbonyl (C=O) groups is 1. The molecular weight excluding hydrogens is 294 g/mol. The molecule has 0 amide bonds. The van der Waals surface area contributed by atoms with Gasteiger partial charge in [-0.05, 0) is 31.8 Å². The molecule has 22 heavy (non-hydrogen) atoms. The zero-order valence-electron chi connectivity index (χ0n) is 13.8. The first-order valence-electron chi connectivity index (χ1n) is 8.60. The third kappa shape index (κ3) is 6.50. The lowest BCUT2D eigenvalue weighted by atomic mass is 9.91. The summed E-state index contributed by atoms with van der Waals surface area (Å²) in [6.45, 7) is 5.04. The van der Waals surface area contributed by atoms with Crippen LogP contribution in [-0.2, 0) is 0 Å². The standard InChI is InChI=1S/C19H29NO.ClH/c1-2-3-4-6-9-17-12-14-20(15-13-17)16-19(21)18-10-7-5-8-11-18;/h5,7-8,10-11,17H,2-4,6,9,12-16H2,1H3;1H. The summed E-state index contributed by atoms with van der Waals surface area (Å²) in [5, 5.41) is 0. The molecule has 0 spiro atoms. The van der Waals surface area contributed by atoms with E-state index in [1.807, 2.05) is 30.3 Å². The summed E-state index contributed by atoms with van der Waals surface area (Å²) in [5.74, 6) is 1.15. The highest BCUT2D eigenvalue weighted by molar-refractivity contribution is 5.97. The number of halogens is 1. The van der Waals surface area contributed by atoms with Crippen molar-refractivity contribution in [2.24, 2.45) is 5.92 Å². The van der Waals surface area contributed by atoms with Gasteiger partial charge in [-0.3, -0.25) is 9.69 Å². The van der Waals surface area contributed by atoms with Crippen LogP contribution >= 0.6 is 12.4 Å². The zero-order valence-corrected chi connectivity index (χ0v) is 14.6. The van der Waals surface area contributed by atoms with Crippen molar-refractivity contribution in [3.05, 3.63) is 35.9 Å². The number of likely N-dealkylation sites (tertiary alicyclic amines) is 1. The normalized spacial score (nSPS) is 16.2. The molecule has 1 fully saturated rings. The molecule has 1 aromatic carbocycles. The summed E-state index contributed by atoms with van der Waals surface area (Å²) in [4.78, 5) is 14.5. The topological polar surface area (TPSA) is 20.3 Å². The van der Waals surface area contributed by atoms with Crippen LogP contribution in [0.25, 0.3) is 0 Å². The van der Waals surface area contributed by atoms with E-state index in [4.69, 9.17) is 0 Å². The molecule has 0 atom stereocenters. The number of ketones is 1. The Balaban J connectivity index is 0.00000242. The van der Waals surface area contributed by atoms with Crippen LogP contribution < -0.4 is 0 Å². The van der Waals surface area contributed by atoms with Gasteiger partial charge in [0.2, 0.25) is 0 Å². The van der Waals surface area contributed by atoms with Crippen LogP contribution in [0.5, 0.6) is 0 Å². The predicted octanol–water partition coefficient (Wildman–Crippen LogP) is 4.97. The number of unbranched alkanes of at least 4 members (excludes halogenated alkanes) is 3. The molecule has 3 heteroatoms. The Hall–Kier alpha value is -0.860. The van der Waals surface area contributed by atoms with Crippen molar-refractivity contribution in [3.63, 3.8) is 0 Å². The predicted molar refractivity (Wildman–Crippen MR) is 95.9 cm³/mol. The fourth-order valence-electron chi connectivity index (χ4n) is 3.21. The van der Waals surface area contributed by atoms with E-state index in [9.17, 15) is 4.79 Å². The maximum atomic E-state index is 12.2.